The van der Waals surface area contributed by atoms with E-state index >= 15 is 0 Å². The molecule has 112 valence electrons. The minimum absolute atomic E-state index is 0.0293. The number of hydrogen-bond donors (Lipinski definition) is 3. The predicted molar refractivity (Wildman–Crippen MR) is 86.5 cm³/mol. The Morgan fingerprint density at radius 1 is 1.33 bits per heavy atom. The van der Waals surface area contributed by atoms with Crippen molar-refractivity contribution in [2.75, 3.05) is 18.9 Å². The number of hydrogen-bond acceptors (Lipinski definition) is 4. The molecular weight excluding hydrogens is 284 g/mol. The van der Waals surface area contributed by atoms with Gasteiger partial charge in [-0.3, -0.25) is 4.79 Å². The average Bonchev–Trinajstić information content (AvgIpc) is 3.10. The molecule has 5 heteroatoms. The zero-order chi connectivity index (χ0) is 14.8. The van der Waals surface area contributed by atoms with E-state index in [4.69, 9.17) is 5.73 Å². The Morgan fingerprint density at radius 3 is 2.95 bits per heavy atom. The van der Waals surface area contributed by atoms with Crippen LogP contribution in [0.2, 0.25) is 0 Å². The molecule has 0 spiro atoms. The number of aliphatic hydroxyl groups excluding tert-OH is 1. The van der Waals surface area contributed by atoms with Crippen molar-refractivity contribution in [3.63, 3.8) is 0 Å². The number of rotatable bonds is 4. The van der Waals surface area contributed by atoms with Gasteiger partial charge in [0, 0.05) is 23.5 Å². The van der Waals surface area contributed by atoms with E-state index in [-0.39, 0.29) is 12.5 Å². The lowest BCUT2D eigenvalue weighted by Gasteiger charge is -2.17. The highest BCUT2D eigenvalue weighted by molar-refractivity contribution is 7.20. The maximum absolute atomic E-state index is 12.3. The second-order valence-corrected chi connectivity index (χ2v) is 6.84. The van der Waals surface area contributed by atoms with Crippen LogP contribution in [-0.2, 0) is 0 Å². The number of carbonyl (C=O) groups is 1. The summed E-state index contributed by atoms with van der Waals surface area (Å²) in [5.41, 5.74) is 6.47. The summed E-state index contributed by atoms with van der Waals surface area (Å²) in [6.45, 7) is 0.878. The van der Waals surface area contributed by atoms with Gasteiger partial charge in [0.2, 0.25) is 0 Å². The third-order valence-corrected chi connectivity index (χ3v) is 5.45. The van der Waals surface area contributed by atoms with Crippen LogP contribution < -0.4 is 11.1 Å². The van der Waals surface area contributed by atoms with Crippen LogP contribution in [0.4, 0.5) is 5.69 Å². The Bertz CT molecular complexity index is 653. The lowest BCUT2D eigenvalue weighted by molar-refractivity contribution is 0.0942. The van der Waals surface area contributed by atoms with Crippen LogP contribution >= 0.6 is 11.3 Å². The van der Waals surface area contributed by atoms with Crippen LogP contribution in [0.25, 0.3) is 10.1 Å². The largest absolute Gasteiger partial charge is 0.399 e. The van der Waals surface area contributed by atoms with Gasteiger partial charge < -0.3 is 16.2 Å². The van der Waals surface area contributed by atoms with E-state index in [0.29, 0.717) is 28.9 Å². The number of carbonyl (C=O) groups excluding carboxylic acids is 1. The first-order valence-electron chi connectivity index (χ1n) is 7.35. The molecule has 1 aliphatic carbocycles. The van der Waals surface area contributed by atoms with Gasteiger partial charge in [-0.2, -0.15) is 0 Å². The lowest BCUT2D eigenvalue weighted by atomic mass is 9.97. The Labute approximate surface area is 128 Å². The van der Waals surface area contributed by atoms with Crippen molar-refractivity contribution in [2.24, 2.45) is 11.8 Å². The first kappa shape index (κ1) is 14.4. The molecule has 4 nitrogen and oxygen atoms in total. The zero-order valence-corrected chi connectivity index (χ0v) is 12.7. The highest BCUT2D eigenvalue weighted by Gasteiger charge is 2.26. The summed E-state index contributed by atoms with van der Waals surface area (Å²) in [6.07, 6.45) is 3.31. The number of anilines is 1. The van der Waals surface area contributed by atoms with Gasteiger partial charge in [0.05, 0.1) is 4.88 Å². The van der Waals surface area contributed by atoms with E-state index in [9.17, 15) is 9.90 Å². The van der Waals surface area contributed by atoms with Crippen LogP contribution in [0.1, 0.15) is 28.9 Å². The molecule has 1 saturated carbocycles. The minimum Gasteiger partial charge on any atom is -0.399 e. The highest BCUT2D eigenvalue weighted by atomic mass is 32.1. The monoisotopic (exact) mass is 304 g/mol. The van der Waals surface area contributed by atoms with E-state index in [1.54, 1.807) is 0 Å². The molecule has 1 aromatic carbocycles. The van der Waals surface area contributed by atoms with Gasteiger partial charge in [-0.15, -0.1) is 11.3 Å². The molecule has 1 fully saturated rings. The maximum atomic E-state index is 12.3. The van der Waals surface area contributed by atoms with Gasteiger partial charge >= 0.3 is 0 Å². The Hall–Kier alpha value is -1.59. The van der Waals surface area contributed by atoms with Crippen molar-refractivity contribution in [1.29, 1.82) is 0 Å². The number of amides is 1. The van der Waals surface area contributed by atoms with Crippen molar-refractivity contribution in [1.82, 2.24) is 5.32 Å². The second kappa shape index (κ2) is 6.03. The number of fused-ring (bicyclic) bond motifs is 1. The van der Waals surface area contributed by atoms with Gasteiger partial charge in [-0.1, -0.05) is 6.42 Å². The van der Waals surface area contributed by atoms with Crippen molar-refractivity contribution in [2.45, 2.75) is 19.3 Å². The van der Waals surface area contributed by atoms with Crippen LogP contribution in [0, 0.1) is 11.8 Å². The SMILES string of the molecule is Nc1ccc2sc(C(=O)NCC3CCCC3CO)cc2c1. The molecule has 0 radical (unpaired) electrons. The molecule has 3 rings (SSSR count). The first-order valence-corrected chi connectivity index (χ1v) is 8.17. The smallest absolute Gasteiger partial charge is 0.261 e. The van der Waals surface area contributed by atoms with Gasteiger partial charge in [0.15, 0.2) is 0 Å². The number of thiophene rings is 1. The van der Waals surface area contributed by atoms with Gasteiger partial charge in [0.1, 0.15) is 0 Å². The Morgan fingerprint density at radius 2 is 2.14 bits per heavy atom. The molecule has 1 aromatic heterocycles. The topological polar surface area (TPSA) is 75.4 Å². The maximum Gasteiger partial charge on any atom is 0.261 e. The Kier molecular flexibility index (Phi) is 4.12. The molecule has 0 saturated heterocycles. The molecule has 4 N–H and O–H groups in total. The van der Waals surface area contributed by atoms with E-state index in [2.05, 4.69) is 5.32 Å². The van der Waals surface area contributed by atoms with E-state index in [0.717, 1.165) is 29.3 Å². The van der Waals surface area contributed by atoms with Crippen LogP contribution in [-0.4, -0.2) is 24.2 Å². The fourth-order valence-corrected chi connectivity index (χ4v) is 4.07. The van der Waals surface area contributed by atoms with Crippen molar-refractivity contribution in [3.05, 3.63) is 29.1 Å². The molecule has 2 atom stereocenters. The van der Waals surface area contributed by atoms with Crippen LogP contribution in [0.15, 0.2) is 24.3 Å². The van der Waals surface area contributed by atoms with E-state index in [1.807, 2.05) is 24.3 Å². The third kappa shape index (κ3) is 3.04. The van der Waals surface area contributed by atoms with Gasteiger partial charge in [-0.05, 0) is 54.3 Å². The van der Waals surface area contributed by atoms with Crippen molar-refractivity contribution >= 4 is 33.0 Å². The zero-order valence-electron chi connectivity index (χ0n) is 11.8. The normalized spacial score (nSPS) is 21.8. The molecule has 1 heterocycles. The van der Waals surface area contributed by atoms with E-state index in [1.165, 1.54) is 11.3 Å². The summed E-state index contributed by atoms with van der Waals surface area (Å²) in [7, 11) is 0. The summed E-state index contributed by atoms with van der Waals surface area (Å²) in [4.78, 5) is 13.0. The number of aliphatic hydroxyl groups is 1. The Balaban J connectivity index is 1.66. The molecule has 21 heavy (non-hydrogen) atoms. The molecule has 0 aliphatic heterocycles. The summed E-state index contributed by atoms with van der Waals surface area (Å²) in [6, 6.07) is 7.58. The third-order valence-electron chi connectivity index (χ3n) is 4.34. The molecule has 1 aliphatic rings. The molecule has 0 bridgehead atoms. The van der Waals surface area contributed by atoms with Gasteiger partial charge in [-0.25, -0.2) is 0 Å². The summed E-state index contributed by atoms with van der Waals surface area (Å²) in [5.74, 6) is 0.717. The quantitative estimate of drug-likeness (QED) is 0.760. The van der Waals surface area contributed by atoms with Crippen molar-refractivity contribution in [3.8, 4) is 0 Å². The van der Waals surface area contributed by atoms with Gasteiger partial charge in [0.25, 0.3) is 5.91 Å². The summed E-state index contributed by atoms with van der Waals surface area (Å²) in [5, 5.41) is 13.3. The molecule has 2 unspecified atom stereocenters. The fraction of sp³-hybridized carbons (Fsp3) is 0.438. The van der Waals surface area contributed by atoms with Crippen LogP contribution in [0.3, 0.4) is 0 Å². The number of nitrogen functional groups attached to an aromatic ring is 1. The number of nitrogens with two attached hydrogens (primary N) is 1. The highest BCUT2D eigenvalue weighted by Crippen LogP contribution is 2.31. The molecule has 2 aromatic rings. The number of nitrogens with one attached hydrogen (secondary N) is 1. The first-order chi connectivity index (χ1) is 10.2. The minimum atomic E-state index is -0.0293. The summed E-state index contributed by atoms with van der Waals surface area (Å²) >= 11 is 1.49. The average molecular weight is 304 g/mol. The van der Waals surface area contributed by atoms with Crippen LogP contribution in [0.5, 0.6) is 0 Å². The predicted octanol–water partition coefficient (Wildman–Crippen LogP) is 2.62. The fourth-order valence-electron chi connectivity index (χ4n) is 3.11. The molecular formula is C16H20N2O2S. The van der Waals surface area contributed by atoms with Crippen molar-refractivity contribution < 1.29 is 9.90 Å². The van der Waals surface area contributed by atoms with E-state index < -0.39 is 0 Å². The summed E-state index contributed by atoms with van der Waals surface area (Å²) < 4.78 is 1.07. The molecule has 1 amide bonds. The standard InChI is InChI=1S/C16H20N2O2S/c17-13-4-5-14-12(6-13)7-15(21-14)16(20)18-8-10-2-1-3-11(10)9-19/h4-7,10-11,19H,1-3,8-9,17H2,(H,18,20). The second-order valence-electron chi connectivity index (χ2n) is 5.75. The lowest BCUT2D eigenvalue weighted by Crippen LogP contribution is -2.31. The number of benzene rings is 1.